The standard InChI is InChI=1S/C13H13F6N3O/c1-3-5-11(2,13(17,18)19)22-21-10(23)8-7-20-6-4-9(8)12(14,15)16/h3-4,6-7,22H,1,5H2,2H3,(H,21,23). The fourth-order valence-corrected chi connectivity index (χ4v) is 1.61. The molecule has 0 fully saturated rings. The zero-order valence-corrected chi connectivity index (χ0v) is 11.8. The average Bonchev–Trinajstić information content (AvgIpc) is 2.43. The number of hydrazine groups is 1. The van der Waals surface area contributed by atoms with Gasteiger partial charge in [-0.3, -0.25) is 15.2 Å². The van der Waals surface area contributed by atoms with Gasteiger partial charge in [-0.25, -0.2) is 5.43 Å². The zero-order valence-electron chi connectivity index (χ0n) is 11.8. The normalized spacial score (nSPS) is 14.9. The van der Waals surface area contributed by atoms with Gasteiger partial charge in [0.1, 0.15) is 5.54 Å². The van der Waals surface area contributed by atoms with E-state index in [0.717, 1.165) is 19.2 Å². The summed E-state index contributed by atoms with van der Waals surface area (Å²) < 4.78 is 77.2. The van der Waals surface area contributed by atoms with Gasteiger partial charge in [-0.15, -0.1) is 6.58 Å². The van der Waals surface area contributed by atoms with E-state index in [1.54, 1.807) is 10.9 Å². The van der Waals surface area contributed by atoms with Gasteiger partial charge in [-0.2, -0.15) is 26.3 Å². The monoisotopic (exact) mass is 341 g/mol. The van der Waals surface area contributed by atoms with Crippen molar-refractivity contribution in [1.29, 1.82) is 0 Å². The first-order chi connectivity index (χ1) is 10.4. The van der Waals surface area contributed by atoms with Crippen LogP contribution in [-0.2, 0) is 6.18 Å². The van der Waals surface area contributed by atoms with E-state index in [-0.39, 0.29) is 0 Å². The third kappa shape index (κ3) is 4.44. The van der Waals surface area contributed by atoms with Crippen molar-refractivity contribution in [3.63, 3.8) is 0 Å². The Morgan fingerprint density at radius 1 is 1.30 bits per heavy atom. The molecule has 0 radical (unpaired) electrons. The lowest BCUT2D eigenvalue weighted by Crippen LogP contribution is -2.60. The van der Waals surface area contributed by atoms with Gasteiger partial charge in [0.2, 0.25) is 0 Å². The van der Waals surface area contributed by atoms with Crippen LogP contribution in [0.1, 0.15) is 29.3 Å². The van der Waals surface area contributed by atoms with Crippen LogP contribution in [0.2, 0.25) is 0 Å². The van der Waals surface area contributed by atoms with Crippen molar-refractivity contribution in [2.75, 3.05) is 0 Å². The van der Waals surface area contributed by atoms with Crippen LogP contribution in [0.15, 0.2) is 31.1 Å². The number of alkyl halides is 6. The Labute approximate surface area is 127 Å². The fourth-order valence-electron chi connectivity index (χ4n) is 1.61. The second-order valence-electron chi connectivity index (χ2n) is 4.82. The van der Waals surface area contributed by atoms with Gasteiger partial charge in [0.25, 0.3) is 5.91 Å². The number of nitrogens with zero attached hydrogens (tertiary/aromatic N) is 1. The highest BCUT2D eigenvalue weighted by Crippen LogP contribution is 2.33. The Balaban J connectivity index is 2.99. The maximum absolute atomic E-state index is 13.0. The molecular formula is C13H13F6N3O. The highest BCUT2D eigenvalue weighted by molar-refractivity contribution is 5.95. The molecule has 1 rings (SSSR count). The molecule has 23 heavy (non-hydrogen) atoms. The van der Waals surface area contributed by atoms with Crippen LogP contribution in [0.3, 0.4) is 0 Å². The Bertz CT molecular complexity index is 584. The van der Waals surface area contributed by atoms with E-state index < -0.39 is 41.3 Å². The second kappa shape index (κ2) is 6.57. The van der Waals surface area contributed by atoms with Crippen LogP contribution in [0, 0.1) is 0 Å². The maximum Gasteiger partial charge on any atom is 0.417 e. The van der Waals surface area contributed by atoms with Gasteiger partial charge in [-0.05, 0) is 19.4 Å². The van der Waals surface area contributed by atoms with Crippen molar-refractivity contribution in [1.82, 2.24) is 15.8 Å². The van der Waals surface area contributed by atoms with Crippen LogP contribution in [0.4, 0.5) is 26.3 Å². The number of pyridine rings is 1. The summed E-state index contributed by atoms with van der Waals surface area (Å²) >= 11 is 0. The summed E-state index contributed by atoms with van der Waals surface area (Å²) in [5.74, 6) is -1.38. The van der Waals surface area contributed by atoms with Gasteiger partial charge in [-0.1, -0.05) is 6.08 Å². The minimum atomic E-state index is -4.84. The highest BCUT2D eigenvalue weighted by atomic mass is 19.4. The third-order valence-electron chi connectivity index (χ3n) is 3.00. The Morgan fingerprint density at radius 3 is 2.39 bits per heavy atom. The summed E-state index contributed by atoms with van der Waals surface area (Å²) in [7, 11) is 0. The molecule has 1 heterocycles. The van der Waals surface area contributed by atoms with E-state index >= 15 is 0 Å². The molecule has 0 spiro atoms. The first-order valence-electron chi connectivity index (χ1n) is 6.19. The summed E-state index contributed by atoms with van der Waals surface area (Å²) in [4.78, 5) is 15.2. The lowest BCUT2D eigenvalue weighted by atomic mass is 9.98. The molecule has 1 amide bonds. The van der Waals surface area contributed by atoms with E-state index in [4.69, 9.17) is 0 Å². The molecule has 1 aromatic rings. The molecule has 4 nitrogen and oxygen atoms in total. The van der Waals surface area contributed by atoms with E-state index in [2.05, 4.69) is 11.6 Å². The molecule has 1 atom stereocenters. The van der Waals surface area contributed by atoms with Crippen molar-refractivity contribution >= 4 is 5.91 Å². The summed E-state index contributed by atoms with van der Waals surface area (Å²) in [5.41, 5.74) is -1.40. The second-order valence-corrected chi connectivity index (χ2v) is 4.82. The zero-order chi connectivity index (χ0) is 17.9. The Hall–Kier alpha value is -2.10. The van der Waals surface area contributed by atoms with Crippen molar-refractivity contribution in [2.45, 2.75) is 31.2 Å². The predicted molar refractivity (Wildman–Crippen MR) is 69.1 cm³/mol. The molecular weight excluding hydrogens is 328 g/mol. The molecule has 0 saturated carbocycles. The maximum atomic E-state index is 13.0. The molecule has 1 unspecified atom stereocenters. The number of rotatable bonds is 5. The van der Waals surface area contributed by atoms with Gasteiger partial charge in [0, 0.05) is 12.4 Å². The number of hydrogen-bond donors (Lipinski definition) is 2. The Kier molecular flexibility index (Phi) is 5.41. The molecule has 0 aliphatic rings. The molecule has 2 N–H and O–H groups in total. The SMILES string of the molecule is C=CCC(C)(NNC(=O)c1cnccc1C(F)(F)F)C(F)(F)F. The molecule has 10 heteroatoms. The van der Waals surface area contributed by atoms with E-state index in [1.807, 2.05) is 0 Å². The molecule has 1 aromatic heterocycles. The number of hydrogen-bond acceptors (Lipinski definition) is 3. The largest absolute Gasteiger partial charge is 0.417 e. The van der Waals surface area contributed by atoms with Crippen LogP contribution in [0.25, 0.3) is 0 Å². The van der Waals surface area contributed by atoms with Crippen LogP contribution in [0.5, 0.6) is 0 Å². The first-order valence-corrected chi connectivity index (χ1v) is 6.19. The minimum Gasteiger partial charge on any atom is -0.287 e. The molecule has 0 aliphatic heterocycles. The van der Waals surface area contributed by atoms with Gasteiger partial charge < -0.3 is 0 Å². The van der Waals surface area contributed by atoms with Crippen molar-refractivity contribution < 1.29 is 31.1 Å². The molecule has 0 bridgehead atoms. The van der Waals surface area contributed by atoms with Crippen LogP contribution >= 0.6 is 0 Å². The number of amides is 1. The van der Waals surface area contributed by atoms with Gasteiger partial charge in [0.15, 0.2) is 0 Å². The van der Waals surface area contributed by atoms with Crippen molar-refractivity contribution in [3.05, 3.63) is 42.2 Å². The van der Waals surface area contributed by atoms with Crippen molar-refractivity contribution in [3.8, 4) is 0 Å². The average molecular weight is 341 g/mol. The number of carbonyl (C=O) groups excluding carboxylic acids is 1. The molecule has 0 aromatic carbocycles. The van der Waals surface area contributed by atoms with Gasteiger partial charge in [0.05, 0.1) is 11.1 Å². The number of halogens is 6. The summed E-state index contributed by atoms with van der Waals surface area (Å²) in [5, 5.41) is 0. The summed E-state index contributed by atoms with van der Waals surface area (Å²) in [6.07, 6.45) is -7.79. The lowest BCUT2D eigenvalue weighted by Gasteiger charge is -2.32. The molecule has 128 valence electrons. The third-order valence-corrected chi connectivity index (χ3v) is 3.00. The molecule has 0 aliphatic carbocycles. The summed E-state index contributed by atoms with van der Waals surface area (Å²) in [6, 6.07) is 0.557. The Morgan fingerprint density at radius 2 is 1.91 bits per heavy atom. The summed E-state index contributed by atoms with van der Waals surface area (Å²) in [6.45, 7) is 3.92. The van der Waals surface area contributed by atoms with E-state index in [0.29, 0.717) is 12.3 Å². The number of aromatic nitrogens is 1. The topological polar surface area (TPSA) is 54.0 Å². The quantitative estimate of drug-likeness (QED) is 0.491. The number of carbonyl (C=O) groups is 1. The number of nitrogens with one attached hydrogen (secondary N) is 2. The van der Waals surface area contributed by atoms with E-state index in [1.165, 1.54) is 0 Å². The highest BCUT2D eigenvalue weighted by Gasteiger charge is 2.50. The van der Waals surface area contributed by atoms with Crippen LogP contribution < -0.4 is 10.9 Å². The van der Waals surface area contributed by atoms with Crippen LogP contribution in [-0.4, -0.2) is 22.6 Å². The van der Waals surface area contributed by atoms with Gasteiger partial charge >= 0.3 is 12.4 Å². The first kappa shape index (κ1) is 18.9. The predicted octanol–water partition coefficient (Wildman–Crippen LogP) is 3.23. The van der Waals surface area contributed by atoms with E-state index in [9.17, 15) is 31.1 Å². The minimum absolute atomic E-state index is 0.557. The van der Waals surface area contributed by atoms with Crippen molar-refractivity contribution in [2.24, 2.45) is 0 Å². The molecule has 0 saturated heterocycles. The lowest BCUT2D eigenvalue weighted by molar-refractivity contribution is -0.192. The smallest absolute Gasteiger partial charge is 0.287 e. The fraction of sp³-hybridized carbons (Fsp3) is 0.385.